The fourth-order valence-corrected chi connectivity index (χ4v) is 7.48. The molecular formula is C30H43ClFN5O11P2. The molecule has 3 atom stereocenters. The molecule has 20 heteroatoms. The highest BCUT2D eigenvalue weighted by molar-refractivity contribution is 7.70. The zero-order chi connectivity index (χ0) is 36.6. The van der Waals surface area contributed by atoms with E-state index < -0.39 is 33.4 Å². The predicted octanol–water partition coefficient (Wildman–Crippen LogP) is 3.54. The van der Waals surface area contributed by atoms with Crippen molar-refractivity contribution in [1.29, 1.82) is 5.41 Å². The molecule has 1 aliphatic heterocycles. The number of benzene rings is 1. The minimum atomic E-state index is -4.77. The molecule has 0 aliphatic carbocycles. The van der Waals surface area contributed by atoms with Crippen LogP contribution in [0.15, 0.2) is 18.2 Å². The van der Waals surface area contributed by atoms with Gasteiger partial charge in [-0.15, -0.1) is 6.42 Å². The number of aromatic nitrogens is 2. The molecule has 0 saturated carbocycles. The minimum absolute atomic E-state index is 0.134. The summed E-state index contributed by atoms with van der Waals surface area (Å²) in [5.74, 6) is 1.17. The summed E-state index contributed by atoms with van der Waals surface area (Å²) in [6, 6.07) is 4.76. The first kappa shape index (κ1) is 41.9. The fourth-order valence-electron chi connectivity index (χ4n) is 4.73. The van der Waals surface area contributed by atoms with Gasteiger partial charge in [-0.1, -0.05) is 18.1 Å². The van der Waals surface area contributed by atoms with Gasteiger partial charge in [0.15, 0.2) is 5.90 Å². The van der Waals surface area contributed by atoms with E-state index in [1.165, 1.54) is 6.07 Å². The van der Waals surface area contributed by atoms with Crippen molar-refractivity contribution in [1.82, 2.24) is 9.97 Å². The topological polar surface area (TPSA) is 215 Å². The Morgan fingerprint density at radius 3 is 2.40 bits per heavy atom. The molecule has 1 aliphatic rings. The number of hydrogen-bond donors (Lipinski definition) is 5. The van der Waals surface area contributed by atoms with Crippen LogP contribution in [0.25, 0.3) is 0 Å². The van der Waals surface area contributed by atoms with Crippen LogP contribution in [0, 0.1) is 30.5 Å². The van der Waals surface area contributed by atoms with Gasteiger partial charge in [0.2, 0.25) is 5.28 Å². The van der Waals surface area contributed by atoms with E-state index in [1.54, 1.807) is 24.0 Å². The van der Waals surface area contributed by atoms with Crippen molar-refractivity contribution in [3.8, 4) is 12.3 Å². The summed E-state index contributed by atoms with van der Waals surface area (Å²) in [6.07, 6.45) is 5.63. The second-order valence-corrected chi connectivity index (χ2v) is 15.3. The number of ether oxygens (including phenoxy) is 5. The summed E-state index contributed by atoms with van der Waals surface area (Å²) in [5, 5.41) is 11.2. The Kier molecular flexibility index (Phi) is 17.7. The summed E-state index contributed by atoms with van der Waals surface area (Å²) in [5.41, 5.74) is 1.40. The van der Waals surface area contributed by atoms with Crippen LogP contribution in [0.4, 0.5) is 16.0 Å². The monoisotopic (exact) mass is 765 g/mol. The van der Waals surface area contributed by atoms with Crippen molar-refractivity contribution in [3.05, 3.63) is 46.0 Å². The Morgan fingerprint density at radius 2 is 1.76 bits per heavy atom. The van der Waals surface area contributed by atoms with Crippen LogP contribution >= 0.6 is 26.8 Å². The normalized spacial score (nSPS) is 17.3. The van der Waals surface area contributed by atoms with Crippen molar-refractivity contribution in [2.75, 3.05) is 82.1 Å². The molecule has 0 amide bonds. The summed E-state index contributed by atoms with van der Waals surface area (Å²) in [7, 11) is -9.31. The van der Waals surface area contributed by atoms with Crippen LogP contribution in [0.5, 0.6) is 0 Å². The number of rotatable bonds is 24. The van der Waals surface area contributed by atoms with Crippen LogP contribution in [0.1, 0.15) is 29.5 Å². The number of nitrogens with zero attached hydrogens (tertiary/aromatic N) is 3. The smallest absolute Gasteiger partial charge is 0.340 e. The highest BCUT2D eigenvalue weighted by Gasteiger charge is 2.34. The standard InChI is InChI=1S/C30H43ClFN5O11P2/c1-3-10-43-12-14-45-16-17-46-15-13-44-11-9-37(19-23-5-4-6-26(32)22(23)2)29-25(18-33)28(35-30(31)36-29)34-27-8-7-24(48-27)20-47-50(41,42)21-49(38,39)40/h1,4-6,18,24,27,33H,7-17,19-21H2,2H3,(H,41,42)(H,34,35,36)(H2,38,39,40)/t24-,27+/m0/s1. The number of halogens is 2. The molecular weight excluding hydrogens is 723 g/mol. The van der Waals surface area contributed by atoms with Crippen LogP contribution in [0.3, 0.4) is 0 Å². The molecule has 0 radical (unpaired) electrons. The second-order valence-electron chi connectivity index (χ2n) is 11.0. The number of nitrogens with one attached hydrogen (secondary N) is 2. The molecule has 50 heavy (non-hydrogen) atoms. The summed E-state index contributed by atoms with van der Waals surface area (Å²) in [4.78, 5) is 38.2. The fraction of sp³-hybridized carbons (Fsp3) is 0.567. The first-order valence-corrected chi connectivity index (χ1v) is 19.5. The summed E-state index contributed by atoms with van der Waals surface area (Å²) in [6.45, 7) is 4.44. The largest absolute Gasteiger partial charge is 0.377 e. The quantitative estimate of drug-likeness (QED) is 0.0340. The zero-order valence-corrected chi connectivity index (χ0v) is 30.1. The van der Waals surface area contributed by atoms with Crippen LogP contribution in [-0.2, 0) is 43.9 Å². The van der Waals surface area contributed by atoms with E-state index in [0.29, 0.717) is 63.6 Å². The molecule has 0 spiro atoms. The predicted molar refractivity (Wildman–Crippen MR) is 183 cm³/mol. The SMILES string of the molecule is C#CCOCCOCCOCCOCCN(Cc1cccc(F)c1C)c1nc(Cl)nc(N[C@H]2CC[C@@H](COP(=O)(O)CP(=O)(O)O)O2)c1C=N. The Balaban J connectivity index is 1.63. The van der Waals surface area contributed by atoms with Gasteiger partial charge < -0.3 is 58.5 Å². The first-order valence-electron chi connectivity index (χ1n) is 15.6. The first-order chi connectivity index (χ1) is 23.8. The molecule has 0 bridgehead atoms. The van der Waals surface area contributed by atoms with E-state index in [4.69, 9.17) is 61.4 Å². The van der Waals surface area contributed by atoms with E-state index in [-0.39, 0.29) is 61.2 Å². The van der Waals surface area contributed by atoms with Gasteiger partial charge in [-0.25, -0.2) is 4.39 Å². The molecule has 278 valence electrons. The van der Waals surface area contributed by atoms with Gasteiger partial charge >= 0.3 is 15.2 Å². The minimum Gasteiger partial charge on any atom is -0.377 e. The maximum atomic E-state index is 14.5. The number of hydrogen-bond acceptors (Lipinski definition) is 13. The van der Waals surface area contributed by atoms with Crippen molar-refractivity contribution < 1.29 is 56.4 Å². The van der Waals surface area contributed by atoms with Crippen molar-refractivity contribution >= 4 is 44.6 Å². The molecule has 3 rings (SSSR count). The molecule has 1 fully saturated rings. The lowest BCUT2D eigenvalue weighted by Crippen LogP contribution is -2.31. The van der Waals surface area contributed by atoms with Crippen LogP contribution < -0.4 is 10.2 Å². The van der Waals surface area contributed by atoms with Gasteiger partial charge in [0, 0.05) is 19.3 Å². The molecule has 1 saturated heterocycles. The third-order valence-electron chi connectivity index (χ3n) is 7.12. The molecule has 1 aromatic heterocycles. The van der Waals surface area contributed by atoms with Gasteiger partial charge in [0.1, 0.15) is 30.3 Å². The Morgan fingerprint density at radius 1 is 1.10 bits per heavy atom. The number of terminal acetylenes is 1. The third kappa shape index (κ3) is 15.0. The Labute approximate surface area is 295 Å². The van der Waals surface area contributed by atoms with Gasteiger partial charge in [-0.2, -0.15) is 9.97 Å². The van der Waals surface area contributed by atoms with Crippen LogP contribution in [0.2, 0.25) is 5.28 Å². The molecule has 1 unspecified atom stereocenters. The molecule has 2 heterocycles. The van der Waals surface area contributed by atoms with Gasteiger partial charge in [0.25, 0.3) is 0 Å². The van der Waals surface area contributed by atoms with E-state index in [2.05, 4.69) is 21.2 Å². The highest BCUT2D eigenvalue weighted by Crippen LogP contribution is 2.55. The maximum absolute atomic E-state index is 14.5. The molecule has 1 aromatic carbocycles. The molecule has 16 nitrogen and oxygen atoms in total. The Bertz CT molecular complexity index is 1530. The van der Waals surface area contributed by atoms with Gasteiger partial charge in [0.05, 0.1) is 64.5 Å². The van der Waals surface area contributed by atoms with E-state index in [0.717, 1.165) is 6.21 Å². The average molecular weight is 766 g/mol. The van der Waals surface area contributed by atoms with E-state index in [1.807, 2.05) is 0 Å². The highest BCUT2D eigenvalue weighted by atomic mass is 35.5. The third-order valence-corrected chi connectivity index (χ3v) is 10.7. The van der Waals surface area contributed by atoms with E-state index in [9.17, 15) is 18.4 Å². The lowest BCUT2D eigenvalue weighted by molar-refractivity contribution is 0.00209. The zero-order valence-electron chi connectivity index (χ0n) is 27.5. The lowest BCUT2D eigenvalue weighted by Gasteiger charge is -2.27. The summed E-state index contributed by atoms with van der Waals surface area (Å²) < 4.78 is 70.2. The second kappa shape index (κ2) is 21.1. The van der Waals surface area contributed by atoms with Gasteiger partial charge in [-0.3, -0.25) is 9.13 Å². The van der Waals surface area contributed by atoms with Gasteiger partial charge in [-0.05, 0) is 48.6 Å². The molecule has 2 aromatic rings. The Hall–Kier alpha value is -2.55. The van der Waals surface area contributed by atoms with Crippen molar-refractivity contribution in [2.24, 2.45) is 0 Å². The van der Waals surface area contributed by atoms with Crippen LogP contribution in [-0.4, -0.2) is 115 Å². The number of anilines is 2. The summed E-state index contributed by atoms with van der Waals surface area (Å²) >= 11 is 6.36. The average Bonchev–Trinajstić information content (AvgIpc) is 3.49. The van der Waals surface area contributed by atoms with Crippen molar-refractivity contribution in [2.45, 2.75) is 38.6 Å². The molecule has 5 N–H and O–H groups in total. The maximum Gasteiger partial charge on any atom is 0.340 e. The van der Waals surface area contributed by atoms with Crippen molar-refractivity contribution in [3.63, 3.8) is 0 Å². The van der Waals surface area contributed by atoms with E-state index >= 15 is 0 Å². The lowest BCUT2D eigenvalue weighted by atomic mass is 10.1.